The first-order valence-corrected chi connectivity index (χ1v) is 4.77. The van der Waals surface area contributed by atoms with Crippen LogP contribution >= 0.6 is 0 Å². The maximum atomic E-state index is 11.7. The molecule has 0 atom stereocenters. The quantitative estimate of drug-likeness (QED) is 0.577. The van der Waals surface area contributed by atoms with Gasteiger partial charge >= 0.3 is 0 Å². The molecule has 1 aromatic carbocycles. The molecule has 1 rings (SSSR count). The van der Waals surface area contributed by atoms with Crippen LogP contribution in [-0.2, 0) is 0 Å². The van der Waals surface area contributed by atoms with Gasteiger partial charge in [-0.1, -0.05) is 20.8 Å². The lowest BCUT2D eigenvalue weighted by Gasteiger charge is -2.16. The van der Waals surface area contributed by atoms with Gasteiger partial charge in [0.2, 0.25) is 0 Å². The van der Waals surface area contributed by atoms with E-state index in [0.29, 0.717) is 12.1 Å². The van der Waals surface area contributed by atoms with E-state index in [4.69, 9.17) is 5.73 Å². The zero-order chi connectivity index (χ0) is 10.8. The predicted octanol–water partition coefficient (Wildman–Crippen LogP) is 2.89. The Morgan fingerprint density at radius 2 is 1.71 bits per heavy atom. The average molecular weight is 191 g/mol. The van der Waals surface area contributed by atoms with Crippen molar-refractivity contribution in [2.24, 2.45) is 5.41 Å². The van der Waals surface area contributed by atoms with Crippen molar-refractivity contribution in [1.82, 2.24) is 0 Å². The number of carbonyl (C=O) groups is 1. The predicted molar refractivity (Wildman–Crippen MR) is 59.3 cm³/mol. The molecule has 1 aromatic rings. The molecule has 0 saturated heterocycles. The van der Waals surface area contributed by atoms with Gasteiger partial charge < -0.3 is 5.73 Å². The lowest BCUT2D eigenvalue weighted by atomic mass is 9.88. The third-order valence-electron chi connectivity index (χ3n) is 1.92. The van der Waals surface area contributed by atoms with Crippen LogP contribution in [0.15, 0.2) is 24.3 Å². The van der Waals surface area contributed by atoms with E-state index in [1.165, 1.54) is 0 Å². The molecule has 0 radical (unpaired) electrons. The number of nitrogens with two attached hydrogens (primary N) is 1. The highest BCUT2D eigenvalue weighted by Crippen LogP contribution is 2.21. The number of carbonyl (C=O) groups excluding carboxylic acids is 1. The molecule has 14 heavy (non-hydrogen) atoms. The summed E-state index contributed by atoms with van der Waals surface area (Å²) >= 11 is 0. The van der Waals surface area contributed by atoms with Crippen molar-refractivity contribution in [1.29, 1.82) is 0 Å². The Morgan fingerprint density at radius 1 is 1.21 bits per heavy atom. The Balaban J connectivity index is 2.76. The van der Waals surface area contributed by atoms with E-state index in [2.05, 4.69) is 20.8 Å². The smallest absolute Gasteiger partial charge is 0.163 e. The topological polar surface area (TPSA) is 43.1 Å². The van der Waals surface area contributed by atoms with Crippen molar-refractivity contribution >= 4 is 11.5 Å². The van der Waals surface area contributed by atoms with Gasteiger partial charge in [-0.2, -0.15) is 0 Å². The molecule has 2 N–H and O–H groups in total. The van der Waals surface area contributed by atoms with Gasteiger partial charge in [0.1, 0.15) is 0 Å². The number of hydrogen-bond donors (Lipinski definition) is 1. The fourth-order valence-corrected chi connectivity index (χ4v) is 1.25. The highest BCUT2D eigenvalue weighted by Gasteiger charge is 2.16. The Bertz CT molecular complexity index is 319. The van der Waals surface area contributed by atoms with Crippen LogP contribution in [0.2, 0.25) is 0 Å². The SMILES string of the molecule is CC(C)(C)CC(=O)c1ccc(N)cc1. The summed E-state index contributed by atoms with van der Waals surface area (Å²) in [6.45, 7) is 6.17. The maximum Gasteiger partial charge on any atom is 0.163 e. The fourth-order valence-electron chi connectivity index (χ4n) is 1.25. The highest BCUT2D eigenvalue weighted by atomic mass is 16.1. The van der Waals surface area contributed by atoms with Crippen molar-refractivity contribution in [2.75, 3.05) is 5.73 Å². The van der Waals surface area contributed by atoms with Gasteiger partial charge in [-0.25, -0.2) is 0 Å². The zero-order valence-electron chi connectivity index (χ0n) is 9.00. The van der Waals surface area contributed by atoms with Crippen LogP contribution in [-0.4, -0.2) is 5.78 Å². The summed E-state index contributed by atoms with van der Waals surface area (Å²) in [6, 6.07) is 7.08. The minimum atomic E-state index is 0.0401. The molecule has 0 aliphatic rings. The number of Topliss-reactive ketones (excluding diaryl/α,β-unsaturated/α-hetero) is 1. The second kappa shape index (κ2) is 3.82. The van der Waals surface area contributed by atoms with E-state index in [0.717, 1.165) is 5.56 Å². The van der Waals surface area contributed by atoms with Crippen LogP contribution in [0.4, 0.5) is 5.69 Å². The van der Waals surface area contributed by atoms with Gasteiger partial charge in [-0.3, -0.25) is 4.79 Å². The van der Waals surface area contributed by atoms with Crippen molar-refractivity contribution in [3.8, 4) is 0 Å². The largest absolute Gasteiger partial charge is 0.399 e. The summed E-state index contributed by atoms with van der Waals surface area (Å²) in [4.78, 5) is 11.7. The van der Waals surface area contributed by atoms with E-state index in [9.17, 15) is 4.79 Å². The molecule has 0 heterocycles. The lowest BCUT2D eigenvalue weighted by Crippen LogP contribution is -2.12. The lowest BCUT2D eigenvalue weighted by molar-refractivity contribution is 0.0940. The molecule has 0 fully saturated rings. The van der Waals surface area contributed by atoms with Crippen LogP contribution in [0.1, 0.15) is 37.6 Å². The van der Waals surface area contributed by atoms with E-state index < -0.39 is 0 Å². The van der Waals surface area contributed by atoms with Gasteiger partial charge in [0.15, 0.2) is 5.78 Å². The normalized spacial score (nSPS) is 11.4. The molecule has 2 nitrogen and oxygen atoms in total. The van der Waals surface area contributed by atoms with Gasteiger partial charge in [0.25, 0.3) is 0 Å². The molecule has 0 unspecified atom stereocenters. The van der Waals surface area contributed by atoms with Gasteiger partial charge in [0, 0.05) is 17.7 Å². The van der Waals surface area contributed by atoms with E-state index in [1.54, 1.807) is 24.3 Å². The first-order valence-electron chi connectivity index (χ1n) is 4.77. The van der Waals surface area contributed by atoms with Gasteiger partial charge in [0.05, 0.1) is 0 Å². The van der Waals surface area contributed by atoms with Crippen LogP contribution in [0, 0.1) is 5.41 Å². The summed E-state index contributed by atoms with van der Waals surface area (Å²) in [5, 5.41) is 0. The number of rotatable bonds is 2. The standard InChI is InChI=1S/C12H17NO/c1-12(2,3)8-11(14)9-4-6-10(13)7-5-9/h4-7H,8,13H2,1-3H3. The highest BCUT2D eigenvalue weighted by molar-refractivity contribution is 5.96. The summed E-state index contributed by atoms with van der Waals surface area (Å²) in [5.74, 6) is 0.178. The number of nitrogen functional groups attached to an aromatic ring is 1. The Kier molecular flexibility index (Phi) is 2.94. The molecule has 0 amide bonds. The minimum Gasteiger partial charge on any atom is -0.399 e. The first-order chi connectivity index (χ1) is 6.38. The second-order valence-electron chi connectivity index (χ2n) is 4.78. The van der Waals surface area contributed by atoms with Crippen LogP contribution in [0.5, 0.6) is 0 Å². The monoisotopic (exact) mass is 191 g/mol. The first kappa shape index (κ1) is 10.8. The molecule has 0 bridgehead atoms. The zero-order valence-corrected chi connectivity index (χ0v) is 9.00. The van der Waals surface area contributed by atoms with E-state index >= 15 is 0 Å². The summed E-state index contributed by atoms with van der Waals surface area (Å²) in [6.07, 6.45) is 0.566. The number of ketones is 1. The Hall–Kier alpha value is -1.31. The average Bonchev–Trinajstić information content (AvgIpc) is 2.02. The van der Waals surface area contributed by atoms with Crippen LogP contribution < -0.4 is 5.73 Å². The Labute approximate surface area is 85.1 Å². The summed E-state index contributed by atoms with van der Waals surface area (Å²) in [5.41, 5.74) is 7.02. The fraction of sp³-hybridized carbons (Fsp3) is 0.417. The third kappa shape index (κ3) is 3.21. The Morgan fingerprint density at radius 3 is 2.14 bits per heavy atom. The minimum absolute atomic E-state index is 0.0401. The van der Waals surface area contributed by atoms with Crippen molar-refractivity contribution in [2.45, 2.75) is 27.2 Å². The van der Waals surface area contributed by atoms with E-state index in [-0.39, 0.29) is 11.2 Å². The molecule has 0 aliphatic heterocycles. The van der Waals surface area contributed by atoms with Gasteiger partial charge in [-0.05, 0) is 29.7 Å². The molecule has 76 valence electrons. The molecular formula is C12H17NO. The van der Waals surface area contributed by atoms with Gasteiger partial charge in [-0.15, -0.1) is 0 Å². The second-order valence-corrected chi connectivity index (χ2v) is 4.78. The van der Waals surface area contributed by atoms with Crippen LogP contribution in [0.25, 0.3) is 0 Å². The summed E-state index contributed by atoms with van der Waals surface area (Å²) in [7, 11) is 0. The van der Waals surface area contributed by atoms with Crippen LogP contribution in [0.3, 0.4) is 0 Å². The third-order valence-corrected chi connectivity index (χ3v) is 1.92. The molecule has 0 aliphatic carbocycles. The molecule has 2 heteroatoms. The number of anilines is 1. The summed E-state index contributed by atoms with van der Waals surface area (Å²) < 4.78 is 0. The number of benzene rings is 1. The number of hydrogen-bond acceptors (Lipinski definition) is 2. The molecule has 0 aromatic heterocycles. The molecular weight excluding hydrogens is 174 g/mol. The van der Waals surface area contributed by atoms with Crippen molar-refractivity contribution < 1.29 is 4.79 Å². The van der Waals surface area contributed by atoms with E-state index in [1.807, 2.05) is 0 Å². The maximum absolute atomic E-state index is 11.7. The van der Waals surface area contributed by atoms with Crippen molar-refractivity contribution in [3.05, 3.63) is 29.8 Å². The van der Waals surface area contributed by atoms with Crippen molar-refractivity contribution in [3.63, 3.8) is 0 Å². The molecule has 0 spiro atoms. The molecule has 0 saturated carbocycles.